The van der Waals surface area contributed by atoms with Crippen molar-refractivity contribution in [1.29, 1.82) is 5.26 Å². The summed E-state index contributed by atoms with van der Waals surface area (Å²) >= 11 is 0. The molecule has 0 saturated carbocycles. The van der Waals surface area contributed by atoms with Crippen LogP contribution in [0, 0.1) is 39.0 Å². The van der Waals surface area contributed by atoms with E-state index in [1.807, 2.05) is 30.6 Å². The van der Waals surface area contributed by atoms with Crippen LogP contribution in [0.3, 0.4) is 0 Å². The van der Waals surface area contributed by atoms with Crippen molar-refractivity contribution in [3.8, 4) is 73.1 Å². The summed E-state index contributed by atoms with van der Waals surface area (Å²) in [5, 5.41) is 15.0. The van der Waals surface area contributed by atoms with Gasteiger partial charge in [-0.15, -0.1) is 0 Å². The third kappa shape index (κ3) is 6.96. The average Bonchev–Trinajstić information content (AvgIpc) is 3.87. The van der Waals surface area contributed by atoms with E-state index in [-0.39, 0.29) is 0 Å². The average molecular weight is 871 g/mol. The van der Waals surface area contributed by atoms with Crippen molar-refractivity contribution in [1.82, 2.24) is 14.1 Å². The molecule has 0 saturated heterocycles. The maximum atomic E-state index is 10.4. The van der Waals surface area contributed by atoms with Gasteiger partial charge >= 0.3 is 0 Å². The molecule has 9 aromatic carbocycles. The highest BCUT2D eigenvalue weighted by atomic mass is 15.0. The molecule has 12 aromatic rings. The lowest BCUT2D eigenvalue weighted by Crippen LogP contribution is -2.05. The largest absolute Gasteiger partial charge is 0.307 e. The van der Waals surface area contributed by atoms with Gasteiger partial charge in [0.1, 0.15) is 0 Å². The number of aryl methyl sites for hydroxylation is 4. The third-order valence-corrected chi connectivity index (χ3v) is 13.6. The van der Waals surface area contributed by atoms with Crippen LogP contribution in [0.1, 0.15) is 27.8 Å². The molecule has 0 radical (unpaired) electrons. The van der Waals surface area contributed by atoms with Gasteiger partial charge in [-0.25, -0.2) is 0 Å². The van der Waals surface area contributed by atoms with Crippen LogP contribution < -0.4 is 0 Å². The van der Waals surface area contributed by atoms with E-state index >= 15 is 0 Å². The van der Waals surface area contributed by atoms with Gasteiger partial charge in [-0.05, 0) is 138 Å². The SMILES string of the molecule is Cc1cccc(-c2ccc3c(c2)c2cc(-c4cccc(C)c4)ccc2n3-c2cncc(-n3c4ccc(-c5cccc(C)c5)cc4c4cc(-c5cccc(C)c5)ccc43)c2-c2cccc(C#N)c2)c1. The van der Waals surface area contributed by atoms with E-state index in [9.17, 15) is 5.26 Å². The fourth-order valence-corrected chi connectivity index (χ4v) is 10.4. The van der Waals surface area contributed by atoms with Crippen LogP contribution >= 0.6 is 0 Å². The molecular weight excluding hydrogens is 825 g/mol. The second-order valence-electron chi connectivity index (χ2n) is 18.3. The van der Waals surface area contributed by atoms with Crippen LogP contribution in [-0.2, 0) is 0 Å². The molecule has 12 rings (SSSR count). The first-order valence-electron chi connectivity index (χ1n) is 23.2. The molecule has 0 atom stereocenters. The van der Waals surface area contributed by atoms with Crippen LogP contribution in [0.4, 0.5) is 0 Å². The Labute approximate surface area is 396 Å². The zero-order chi connectivity index (χ0) is 46.0. The first-order chi connectivity index (χ1) is 33.3. The Kier molecular flexibility index (Phi) is 9.74. The van der Waals surface area contributed by atoms with Gasteiger partial charge in [0, 0.05) is 27.1 Å². The Hall–Kier alpha value is -8.78. The van der Waals surface area contributed by atoms with Gasteiger partial charge in [-0.2, -0.15) is 5.26 Å². The summed E-state index contributed by atoms with van der Waals surface area (Å²) in [5.41, 5.74) is 22.9. The van der Waals surface area contributed by atoms with E-state index in [4.69, 9.17) is 4.98 Å². The normalized spacial score (nSPS) is 11.5. The van der Waals surface area contributed by atoms with E-state index in [1.165, 1.54) is 44.5 Å². The molecule has 0 unspecified atom stereocenters. The maximum absolute atomic E-state index is 10.4. The quantitative estimate of drug-likeness (QED) is 0.160. The molecule has 3 heterocycles. The number of benzene rings is 9. The summed E-state index contributed by atoms with van der Waals surface area (Å²) in [6, 6.07) is 72.8. The van der Waals surface area contributed by atoms with E-state index in [1.54, 1.807) is 0 Å². The monoisotopic (exact) mass is 870 g/mol. The second-order valence-corrected chi connectivity index (χ2v) is 18.3. The smallest absolute Gasteiger partial charge is 0.0991 e. The highest BCUT2D eigenvalue weighted by molar-refractivity contribution is 6.14. The molecule has 3 aromatic heterocycles. The Morgan fingerprint density at radius 1 is 0.338 bits per heavy atom. The Bertz CT molecular complexity index is 3610. The Morgan fingerprint density at radius 2 is 0.647 bits per heavy atom. The van der Waals surface area contributed by atoms with Crippen LogP contribution in [0.2, 0.25) is 0 Å². The molecule has 322 valence electrons. The first kappa shape index (κ1) is 40.7. The third-order valence-electron chi connectivity index (χ3n) is 13.6. The van der Waals surface area contributed by atoms with Gasteiger partial charge in [-0.1, -0.05) is 156 Å². The van der Waals surface area contributed by atoms with Gasteiger partial charge in [0.05, 0.1) is 57.5 Å². The predicted octanol–water partition coefficient (Wildman–Crippen LogP) is 16.7. The summed E-state index contributed by atoms with van der Waals surface area (Å²) in [4.78, 5) is 5.15. The molecule has 4 nitrogen and oxygen atoms in total. The van der Waals surface area contributed by atoms with E-state index < -0.39 is 0 Å². The van der Waals surface area contributed by atoms with E-state index in [0.717, 1.165) is 88.4 Å². The molecule has 0 amide bonds. The number of hydrogen-bond donors (Lipinski definition) is 0. The summed E-state index contributed by atoms with van der Waals surface area (Å²) in [5.74, 6) is 0. The van der Waals surface area contributed by atoms with Crippen molar-refractivity contribution < 1.29 is 0 Å². The first-order valence-corrected chi connectivity index (χ1v) is 23.2. The van der Waals surface area contributed by atoms with Gasteiger partial charge in [0.25, 0.3) is 0 Å². The standard InChI is InChI=1S/C64H46N4/c1-40-10-5-15-45(28-40)49-20-24-58-54(33-49)55-34-50(46-16-6-11-41(2)29-46)21-25-59(55)67(58)62-38-66-39-63(64(62)53-19-9-14-44(32-53)37-65)68-60-26-22-51(47-17-7-12-42(3)30-47)35-56(60)57-36-52(23-27-61(57)68)48-18-8-13-43(4)31-48/h5-36,38-39H,1-4H3. The molecule has 0 fully saturated rings. The van der Waals surface area contributed by atoms with Crippen LogP contribution in [-0.4, -0.2) is 14.1 Å². The predicted molar refractivity (Wildman–Crippen MR) is 284 cm³/mol. The van der Waals surface area contributed by atoms with Crippen molar-refractivity contribution >= 4 is 43.6 Å². The number of pyridine rings is 1. The number of hydrogen-bond acceptors (Lipinski definition) is 2. The molecule has 68 heavy (non-hydrogen) atoms. The number of nitriles is 1. The zero-order valence-electron chi connectivity index (χ0n) is 38.4. The van der Waals surface area contributed by atoms with E-state index in [2.05, 4.69) is 219 Å². The summed E-state index contributed by atoms with van der Waals surface area (Å²) in [7, 11) is 0. The fraction of sp³-hybridized carbons (Fsp3) is 0.0625. The number of fused-ring (bicyclic) bond motifs is 6. The number of nitrogens with zero attached hydrogens (tertiary/aromatic N) is 4. The van der Waals surface area contributed by atoms with Crippen LogP contribution in [0.15, 0.2) is 207 Å². The van der Waals surface area contributed by atoms with Crippen molar-refractivity contribution in [3.05, 3.63) is 234 Å². The number of rotatable bonds is 7. The molecule has 4 heteroatoms. The molecule has 0 aliphatic carbocycles. The summed E-state index contributed by atoms with van der Waals surface area (Å²) in [6.07, 6.45) is 4.00. The van der Waals surface area contributed by atoms with Crippen molar-refractivity contribution in [2.75, 3.05) is 0 Å². The Morgan fingerprint density at radius 3 is 0.971 bits per heavy atom. The topological polar surface area (TPSA) is 46.5 Å². The van der Waals surface area contributed by atoms with Gasteiger partial charge in [-0.3, -0.25) is 4.98 Å². The Balaban J connectivity index is 1.17. The lowest BCUT2D eigenvalue weighted by atomic mass is 9.99. The minimum Gasteiger partial charge on any atom is -0.307 e. The number of aromatic nitrogens is 3. The minimum absolute atomic E-state index is 0.594. The highest BCUT2D eigenvalue weighted by Gasteiger charge is 2.24. The molecule has 0 aliphatic rings. The molecular formula is C64H46N4. The van der Waals surface area contributed by atoms with Gasteiger partial charge in [0.2, 0.25) is 0 Å². The lowest BCUT2D eigenvalue weighted by molar-refractivity contribution is 1.09. The van der Waals surface area contributed by atoms with Crippen molar-refractivity contribution in [2.24, 2.45) is 0 Å². The molecule has 0 spiro atoms. The maximum Gasteiger partial charge on any atom is 0.0991 e. The summed E-state index contributed by atoms with van der Waals surface area (Å²) in [6.45, 7) is 8.59. The van der Waals surface area contributed by atoms with Crippen molar-refractivity contribution in [3.63, 3.8) is 0 Å². The lowest BCUT2D eigenvalue weighted by Gasteiger charge is -2.20. The van der Waals surface area contributed by atoms with E-state index in [0.29, 0.717) is 5.56 Å². The molecule has 0 bridgehead atoms. The molecule has 0 aliphatic heterocycles. The minimum atomic E-state index is 0.594. The second kappa shape index (κ2) is 16.3. The fourth-order valence-electron chi connectivity index (χ4n) is 10.4. The van der Waals surface area contributed by atoms with Gasteiger partial charge in [0.15, 0.2) is 0 Å². The van der Waals surface area contributed by atoms with Crippen molar-refractivity contribution in [2.45, 2.75) is 27.7 Å². The molecule has 0 N–H and O–H groups in total. The van der Waals surface area contributed by atoms with Crippen LogP contribution in [0.5, 0.6) is 0 Å². The summed E-state index contributed by atoms with van der Waals surface area (Å²) < 4.78 is 4.77. The van der Waals surface area contributed by atoms with Gasteiger partial charge < -0.3 is 9.13 Å². The van der Waals surface area contributed by atoms with Crippen LogP contribution in [0.25, 0.3) is 111 Å². The zero-order valence-corrected chi connectivity index (χ0v) is 38.4. The highest BCUT2D eigenvalue weighted by Crippen LogP contribution is 2.44.